The van der Waals surface area contributed by atoms with Crippen LogP contribution < -0.4 is 15.2 Å². The van der Waals surface area contributed by atoms with E-state index in [2.05, 4.69) is 5.10 Å². The number of anilines is 1. The van der Waals surface area contributed by atoms with Gasteiger partial charge in [0.2, 0.25) is 5.91 Å². The molecule has 1 saturated heterocycles. The average Bonchev–Trinajstić information content (AvgIpc) is 2.82. The number of para-hydroxylation sites is 2. The minimum Gasteiger partial charge on any atom is -0.496 e. The van der Waals surface area contributed by atoms with Crippen molar-refractivity contribution in [1.29, 1.82) is 0 Å². The van der Waals surface area contributed by atoms with Crippen molar-refractivity contribution in [3.63, 3.8) is 0 Å². The highest BCUT2D eigenvalue weighted by atomic mass is 35.5. The Hall–Kier alpha value is -3.32. The fourth-order valence-corrected chi connectivity index (χ4v) is 3.97. The Morgan fingerprint density at radius 1 is 1.03 bits per heavy atom. The second kappa shape index (κ2) is 9.22. The summed E-state index contributed by atoms with van der Waals surface area (Å²) in [5.41, 5.74) is 1.76. The molecule has 0 unspecified atom stereocenters. The number of rotatable bonds is 5. The molecule has 8 heteroatoms. The van der Waals surface area contributed by atoms with Crippen LogP contribution in [0.3, 0.4) is 0 Å². The van der Waals surface area contributed by atoms with E-state index in [0.29, 0.717) is 49.7 Å². The van der Waals surface area contributed by atoms with Gasteiger partial charge in [-0.1, -0.05) is 48.0 Å². The predicted molar refractivity (Wildman–Crippen MR) is 120 cm³/mol. The molecule has 0 bridgehead atoms. The smallest absolute Gasteiger partial charge is 0.292 e. The maximum Gasteiger partial charge on any atom is 0.292 e. The summed E-state index contributed by atoms with van der Waals surface area (Å²) in [6.45, 7) is 2.25. The standard InChI is InChI=1S/C23H23ClN4O3/c1-31-20-10-6-5-7-17(20)15-21(29)27-13-11-26(12-14-27)19-16-25-28(23(30)22(19)24)18-8-3-2-4-9-18/h2-10,16H,11-15H2,1H3. The largest absolute Gasteiger partial charge is 0.496 e. The third-order valence-electron chi connectivity index (χ3n) is 5.41. The number of aromatic nitrogens is 2. The fourth-order valence-electron chi connectivity index (χ4n) is 3.72. The first-order valence-electron chi connectivity index (χ1n) is 10.1. The number of nitrogens with zero attached hydrogens (tertiary/aromatic N) is 4. The summed E-state index contributed by atoms with van der Waals surface area (Å²) in [7, 11) is 1.60. The molecule has 0 atom stereocenters. The van der Waals surface area contributed by atoms with E-state index < -0.39 is 0 Å². The summed E-state index contributed by atoms with van der Waals surface area (Å²) < 4.78 is 6.63. The van der Waals surface area contributed by atoms with Gasteiger partial charge in [0.05, 0.1) is 31.1 Å². The molecule has 1 aromatic heterocycles. The lowest BCUT2D eigenvalue weighted by Crippen LogP contribution is -2.49. The zero-order valence-electron chi connectivity index (χ0n) is 17.2. The highest BCUT2D eigenvalue weighted by Crippen LogP contribution is 2.24. The Bertz CT molecular complexity index is 1130. The van der Waals surface area contributed by atoms with Crippen LogP contribution in [0.2, 0.25) is 5.02 Å². The van der Waals surface area contributed by atoms with E-state index in [1.165, 1.54) is 4.68 Å². The van der Waals surface area contributed by atoms with Gasteiger partial charge in [-0.25, -0.2) is 0 Å². The van der Waals surface area contributed by atoms with Gasteiger partial charge < -0.3 is 14.5 Å². The van der Waals surface area contributed by atoms with Gasteiger partial charge in [0.25, 0.3) is 5.56 Å². The van der Waals surface area contributed by atoms with Gasteiger partial charge in [0.1, 0.15) is 10.8 Å². The zero-order chi connectivity index (χ0) is 21.8. The van der Waals surface area contributed by atoms with Crippen LogP contribution in [-0.2, 0) is 11.2 Å². The van der Waals surface area contributed by atoms with Crippen LogP contribution in [0.15, 0.2) is 65.6 Å². The van der Waals surface area contributed by atoms with Crippen LogP contribution in [0.25, 0.3) is 5.69 Å². The van der Waals surface area contributed by atoms with Gasteiger partial charge in [0.15, 0.2) is 0 Å². The second-order valence-electron chi connectivity index (χ2n) is 7.25. The molecule has 160 valence electrons. The van der Waals surface area contributed by atoms with E-state index in [-0.39, 0.29) is 16.5 Å². The number of methoxy groups -OCH3 is 1. The Morgan fingerprint density at radius 3 is 2.42 bits per heavy atom. The Kier molecular flexibility index (Phi) is 6.23. The van der Waals surface area contributed by atoms with Gasteiger partial charge >= 0.3 is 0 Å². The van der Waals surface area contributed by atoms with Gasteiger partial charge in [-0.05, 0) is 18.2 Å². The lowest BCUT2D eigenvalue weighted by atomic mass is 10.1. The molecular weight excluding hydrogens is 416 g/mol. The fraction of sp³-hybridized carbons (Fsp3) is 0.261. The molecule has 0 radical (unpaired) electrons. The van der Waals surface area contributed by atoms with Gasteiger partial charge in [0, 0.05) is 31.7 Å². The molecule has 1 aliphatic rings. The highest BCUT2D eigenvalue weighted by molar-refractivity contribution is 6.33. The quantitative estimate of drug-likeness (QED) is 0.612. The van der Waals surface area contributed by atoms with E-state index >= 15 is 0 Å². The van der Waals surface area contributed by atoms with Crippen molar-refractivity contribution in [2.75, 3.05) is 38.2 Å². The summed E-state index contributed by atoms with van der Waals surface area (Å²) in [5, 5.41) is 4.43. The number of ether oxygens (including phenoxy) is 1. The number of halogens is 1. The molecule has 1 fully saturated rings. The zero-order valence-corrected chi connectivity index (χ0v) is 18.0. The molecule has 7 nitrogen and oxygen atoms in total. The minimum absolute atomic E-state index is 0.0490. The van der Waals surface area contributed by atoms with Crippen molar-refractivity contribution in [1.82, 2.24) is 14.7 Å². The number of carbonyl (C=O) groups is 1. The molecule has 2 aromatic carbocycles. The third-order valence-corrected chi connectivity index (χ3v) is 5.76. The monoisotopic (exact) mass is 438 g/mol. The molecular formula is C23H23ClN4O3. The molecule has 0 spiro atoms. The van der Waals surface area contributed by atoms with Crippen LogP contribution >= 0.6 is 11.6 Å². The predicted octanol–water partition coefficient (Wildman–Crippen LogP) is 2.79. The van der Waals surface area contributed by atoms with Crippen molar-refractivity contribution in [2.24, 2.45) is 0 Å². The van der Waals surface area contributed by atoms with E-state index in [0.717, 1.165) is 5.56 Å². The number of benzene rings is 2. The third kappa shape index (κ3) is 4.41. The second-order valence-corrected chi connectivity index (χ2v) is 7.63. The lowest BCUT2D eigenvalue weighted by Gasteiger charge is -2.36. The van der Waals surface area contributed by atoms with Gasteiger partial charge in [-0.15, -0.1) is 0 Å². The van der Waals surface area contributed by atoms with Crippen LogP contribution in [0, 0.1) is 0 Å². The molecule has 2 heterocycles. The first kappa shape index (κ1) is 20.9. The SMILES string of the molecule is COc1ccccc1CC(=O)N1CCN(c2cnn(-c3ccccc3)c(=O)c2Cl)CC1. The number of hydrogen-bond donors (Lipinski definition) is 0. The molecule has 0 aliphatic carbocycles. The van der Waals surface area contributed by atoms with E-state index in [4.69, 9.17) is 16.3 Å². The van der Waals surface area contributed by atoms with Crippen molar-refractivity contribution in [2.45, 2.75) is 6.42 Å². The minimum atomic E-state index is -0.361. The van der Waals surface area contributed by atoms with E-state index in [1.807, 2.05) is 52.3 Å². The van der Waals surface area contributed by atoms with E-state index in [1.54, 1.807) is 25.4 Å². The summed E-state index contributed by atoms with van der Waals surface area (Å²) in [6.07, 6.45) is 1.91. The van der Waals surface area contributed by atoms with Crippen LogP contribution in [0.4, 0.5) is 5.69 Å². The normalized spacial score (nSPS) is 13.9. The molecule has 31 heavy (non-hydrogen) atoms. The highest BCUT2D eigenvalue weighted by Gasteiger charge is 2.24. The molecule has 1 amide bonds. The van der Waals surface area contributed by atoms with Crippen LogP contribution in [0.5, 0.6) is 5.75 Å². The van der Waals surface area contributed by atoms with Crippen molar-refractivity contribution < 1.29 is 9.53 Å². The first-order valence-corrected chi connectivity index (χ1v) is 10.4. The van der Waals surface area contributed by atoms with Gasteiger partial charge in [-0.3, -0.25) is 9.59 Å². The van der Waals surface area contributed by atoms with Gasteiger partial charge in [-0.2, -0.15) is 9.78 Å². The summed E-state index contributed by atoms with van der Waals surface area (Å²) in [5.74, 6) is 0.763. The topological polar surface area (TPSA) is 67.7 Å². The maximum absolute atomic E-state index is 12.8. The lowest BCUT2D eigenvalue weighted by molar-refractivity contribution is -0.130. The maximum atomic E-state index is 12.8. The molecule has 0 saturated carbocycles. The summed E-state index contributed by atoms with van der Waals surface area (Å²) >= 11 is 6.41. The van der Waals surface area contributed by atoms with Crippen LogP contribution in [0.1, 0.15) is 5.56 Å². The Morgan fingerprint density at radius 2 is 1.71 bits per heavy atom. The van der Waals surface area contributed by atoms with E-state index in [9.17, 15) is 9.59 Å². The summed E-state index contributed by atoms with van der Waals surface area (Å²) in [6, 6.07) is 16.7. The summed E-state index contributed by atoms with van der Waals surface area (Å²) in [4.78, 5) is 29.3. The van der Waals surface area contributed by atoms with Crippen molar-refractivity contribution in [3.8, 4) is 11.4 Å². The molecule has 1 aliphatic heterocycles. The number of piperazine rings is 1. The molecule has 0 N–H and O–H groups in total. The average molecular weight is 439 g/mol. The van der Waals surface area contributed by atoms with Crippen molar-refractivity contribution in [3.05, 3.63) is 81.7 Å². The molecule has 3 aromatic rings. The first-order chi connectivity index (χ1) is 15.1. The van der Waals surface area contributed by atoms with Crippen molar-refractivity contribution >= 4 is 23.2 Å². The number of amides is 1. The Labute approximate surface area is 185 Å². The number of carbonyl (C=O) groups excluding carboxylic acids is 1. The van der Waals surface area contributed by atoms with Crippen LogP contribution in [-0.4, -0.2) is 53.9 Å². The molecule has 4 rings (SSSR count). The number of hydrogen-bond acceptors (Lipinski definition) is 5. The Balaban J connectivity index is 1.43.